The lowest BCUT2D eigenvalue weighted by molar-refractivity contribution is 0.149. The Morgan fingerprint density at radius 1 is 1.39 bits per heavy atom. The van der Waals surface area contributed by atoms with Gasteiger partial charge in [0.15, 0.2) is 11.5 Å². The highest BCUT2D eigenvalue weighted by atomic mass is 16.5. The first-order chi connectivity index (χ1) is 8.44. The lowest BCUT2D eigenvalue weighted by atomic mass is 9.91. The van der Waals surface area contributed by atoms with Crippen LogP contribution in [0.25, 0.3) is 5.57 Å². The zero-order valence-corrected chi connectivity index (χ0v) is 11.5. The highest BCUT2D eigenvalue weighted by molar-refractivity contribution is 5.84. The smallest absolute Gasteiger partial charge is 0.170 e. The van der Waals surface area contributed by atoms with E-state index in [1.54, 1.807) is 0 Å². The molecule has 0 atom stereocenters. The van der Waals surface area contributed by atoms with Crippen molar-refractivity contribution in [1.29, 1.82) is 0 Å². The van der Waals surface area contributed by atoms with Crippen LogP contribution in [-0.4, -0.2) is 12.2 Å². The van der Waals surface area contributed by atoms with Crippen LogP contribution in [0.1, 0.15) is 33.3 Å². The van der Waals surface area contributed by atoms with Crippen LogP contribution in [0.3, 0.4) is 0 Å². The van der Waals surface area contributed by atoms with Crippen LogP contribution in [-0.2, 0) is 0 Å². The fourth-order valence-corrected chi connectivity index (χ4v) is 2.17. The monoisotopic (exact) mass is 244 g/mol. The van der Waals surface area contributed by atoms with E-state index in [0.29, 0.717) is 6.61 Å². The Bertz CT molecular complexity index is 510. The van der Waals surface area contributed by atoms with Crippen LogP contribution < -0.4 is 9.47 Å². The molecule has 2 rings (SSSR count). The third-order valence-electron chi connectivity index (χ3n) is 2.89. The number of allylic oxidation sites excluding steroid dienone is 2. The van der Waals surface area contributed by atoms with Gasteiger partial charge in [-0.05, 0) is 45.4 Å². The molecule has 0 saturated carbocycles. The molecule has 0 aliphatic carbocycles. The SMILES string of the molecule is C=C(C)C1=CC(C)(C)Oc2c(OCC)cccc21. The van der Waals surface area contributed by atoms with Gasteiger partial charge in [0.25, 0.3) is 0 Å². The molecule has 2 heteroatoms. The Kier molecular flexibility index (Phi) is 3.20. The number of rotatable bonds is 3. The van der Waals surface area contributed by atoms with E-state index in [1.807, 2.05) is 45.9 Å². The summed E-state index contributed by atoms with van der Waals surface area (Å²) in [6.07, 6.45) is 2.12. The van der Waals surface area contributed by atoms with Crippen molar-refractivity contribution in [2.45, 2.75) is 33.3 Å². The molecule has 18 heavy (non-hydrogen) atoms. The summed E-state index contributed by atoms with van der Waals surface area (Å²) in [7, 11) is 0. The van der Waals surface area contributed by atoms with Crippen molar-refractivity contribution in [1.82, 2.24) is 0 Å². The minimum absolute atomic E-state index is 0.339. The zero-order valence-electron chi connectivity index (χ0n) is 11.5. The van der Waals surface area contributed by atoms with Crippen molar-refractivity contribution in [3.8, 4) is 11.5 Å². The molecule has 1 aliphatic heterocycles. The van der Waals surface area contributed by atoms with Gasteiger partial charge in [-0.25, -0.2) is 0 Å². The van der Waals surface area contributed by atoms with E-state index in [4.69, 9.17) is 9.47 Å². The normalized spacial score (nSPS) is 16.3. The summed E-state index contributed by atoms with van der Waals surface area (Å²) in [4.78, 5) is 0. The van der Waals surface area contributed by atoms with Crippen LogP contribution in [0.5, 0.6) is 11.5 Å². The topological polar surface area (TPSA) is 18.5 Å². The highest BCUT2D eigenvalue weighted by Crippen LogP contribution is 2.44. The number of ether oxygens (including phenoxy) is 2. The first kappa shape index (κ1) is 12.7. The largest absolute Gasteiger partial charge is 0.490 e. The number of hydrogen-bond acceptors (Lipinski definition) is 2. The van der Waals surface area contributed by atoms with Crippen LogP contribution in [0, 0.1) is 0 Å². The molecular formula is C16H20O2. The van der Waals surface area contributed by atoms with Crippen molar-refractivity contribution in [3.63, 3.8) is 0 Å². The minimum atomic E-state index is -0.339. The third kappa shape index (κ3) is 2.28. The first-order valence-electron chi connectivity index (χ1n) is 6.28. The number of hydrogen-bond donors (Lipinski definition) is 0. The highest BCUT2D eigenvalue weighted by Gasteiger charge is 2.29. The van der Waals surface area contributed by atoms with Crippen molar-refractivity contribution in [2.75, 3.05) is 6.61 Å². The average Bonchev–Trinajstić information content (AvgIpc) is 2.28. The first-order valence-corrected chi connectivity index (χ1v) is 6.28. The minimum Gasteiger partial charge on any atom is -0.490 e. The molecule has 1 heterocycles. The predicted molar refractivity (Wildman–Crippen MR) is 75.1 cm³/mol. The molecule has 1 aromatic rings. The van der Waals surface area contributed by atoms with Gasteiger partial charge in [0, 0.05) is 5.56 Å². The summed E-state index contributed by atoms with van der Waals surface area (Å²) >= 11 is 0. The molecule has 0 amide bonds. The van der Waals surface area contributed by atoms with E-state index in [2.05, 4.69) is 12.7 Å². The van der Waals surface area contributed by atoms with Gasteiger partial charge in [-0.2, -0.15) is 0 Å². The van der Waals surface area contributed by atoms with Crippen LogP contribution >= 0.6 is 0 Å². The van der Waals surface area contributed by atoms with E-state index >= 15 is 0 Å². The van der Waals surface area contributed by atoms with Gasteiger partial charge in [-0.3, -0.25) is 0 Å². The van der Waals surface area contributed by atoms with E-state index in [9.17, 15) is 0 Å². The van der Waals surface area contributed by atoms with Gasteiger partial charge in [0.05, 0.1) is 6.61 Å². The molecule has 0 aromatic heterocycles. The van der Waals surface area contributed by atoms with Gasteiger partial charge in [-0.1, -0.05) is 24.3 Å². The van der Waals surface area contributed by atoms with Crippen molar-refractivity contribution >= 4 is 5.57 Å². The van der Waals surface area contributed by atoms with E-state index in [1.165, 1.54) is 0 Å². The molecule has 0 unspecified atom stereocenters. The fraction of sp³-hybridized carbons (Fsp3) is 0.375. The van der Waals surface area contributed by atoms with Crippen LogP contribution in [0.2, 0.25) is 0 Å². The summed E-state index contributed by atoms with van der Waals surface area (Å²) in [5.41, 5.74) is 2.91. The maximum absolute atomic E-state index is 6.04. The molecule has 0 radical (unpaired) electrons. The van der Waals surface area contributed by atoms with E-state index in [0.717, 1.165) is 28.2 Å². The Morgan fingerprint density at radius 3 is 2.72 bits per heavy atom. The molecule has 0 bridgehead atoms. The second-order valence-corrected chi connectivity index (χ2v) is 5.11. The Balaban J connectivity index is 2.60. The molecule has 1 aliphatic rings. The summed E-state index contributed by atoms with van der Waals surface area (Å²) in [5.74, 6) is 1.62. The van der Waals surface area contributed by atoms with Crippen molar-refractivity contribution in [2.24, 2.45) is 0 Å². The maximum Gasteiger partial charge on any atom is 0.170 e. The fourth-order valence-electron chi connectivity index (χ4n) is 2.17. The van der Waals surface area contributed by atoms with Gasteiger partial charge < -0.3 is 9.47 Å². The second-order valence-electron chi connectivity index (χ2n) is 5.11. The maximum atomic E-state index is 6.04. The zero-order chi connectivity index (χ0) is 13.3. The quantitative estimate of drug-likeness (QED) is 0.792. The van der Waals surface area contributed by atoms with Gasteiger partial charge >= 0.3 is 0 Å². The van der Waals surface area contributed by atoms with Gasteiger partial charge in [0.1, 0.15) is 5.60 Å². The third-order valence-corrected chi connectivity index (χ3v) is 2.89. The summed E-state index contributed by atoms with van der Waals surface area (Å²) < 4.78 is 11.7. The molecule has 1 aromatic carbocycles. The summed E-state index contributed by atoms with van der Waals surface area (Å²) in [5, 5.41) is 0. The second kappa shape index (κ2) is 4.52. The number of para-hydroxylation sites is 1. The lowest BCUT2D eigenvalue weighted by Gasteiger charge is -2.32. The average molecular weight is 244 g/mol. The lowest BCUT2D eigenvalue weighted by Crippen LogP contribution is -2.29. The molecule has 0 spiro atoms. The Hall–Kier alpha value is -1.70. The summed E-state index contributed by atoms with van der Waals surface area (Å²) in [6.45, 7) is 12.8. The Labute approximate surface area is 109 Å². The standard InChI is InChI=1S/C16H20O2/c1-6-17-14-9-7-8-12-13(11(2)3)10-16(4,5)18-15(12)14/h7-10H,2,6H2,1,3-5H3. The predicted octanol–water partition coefficient (Wildman–Crippen LogP) is 4.22. The van der Waals surface area contributed by atoms with E-state index < -0.39 is 0 Å². The van der Waals surface area contributed by atoms with Crippen molar-refractivity contribution < 1.29 is 9.47 Å². The van der Waals surface area contributed by atoms with Gasteiger partial charge in [0.2, 0.25) is 0 Å². The number of benzene rings is 1. The van der Waals surface area contributed by atoms with Crippen LogP contribution in [0.15, 0.2) is 36.4 Å². The van der Waals surface area contributed by atoms with Gasteiger partial charge in [-0.15, -0.1) is 0 Å². The van der Waals surface area contributed by atoms with Crippen LogP contribution in [0.4, 0.5) is 0 Å². The molecular weight excluding hydrogens is 224 g/mol. The van der Waals surface area contributed by atoms with Crippen molar-refractivity contribution in [3.05, 3.63) is 42.0 Å². The molecule has 2 nitrogen and oxygen atoms in total. The number of fused-ring (bicyclic) bond motifs is 1. The van der Waals surface area contributed by atoms with E-state index in [-0.39, 0.29) is 5.60 Å². The molecule has 96 valence electrons. The Morgan fingerprint density at radius 2 is 2.11 bits per heavy atom. The summed E-state index contributed by atoms with van der Waals surface area (Å²) in [6, 6.07) is 5.98. The molecule has 0 N–H and O–H groups in total. The molecule has 0 saturated heterocycles. The molecule has 0 fully saturated rings.